The summed E-state index contributed by atoms with van der Waals surface area (Å²) in [6.45, 7) is 1.26. The number of hydrogen-bond acceptors (Lipinski definition) is 2. The highest BCUT2D eigenvalue weighted by atomic mass is 35.5. The van der Waals surface area contributed by atoms with E-state index in [0.29, 0.717) is 22.2 Å². The maximum atomic E-state index is 12.3. The van der Waals surface area contributed by atoms with Crippen molar-refractivity contribution in [3.8, 4) is 0 Å². The summed E-state index contributed by atoms with van der Waals surface area (Å²) in [6.07, 6.45) is -3.60. The number of halogens is 4. The molecule has 7 heteroatoms. The van der Waals surface area contributed by atoms with E-state index in [1.165, 1.54) is 6.07 Å². The molecule has 3 nitrogen and oxygen atoms in total. The molecule has 20 heavy (non-hydrogen) atoms. The predicted octanol–water partition coefficient (Wildman–Crippen LogP) is 3.80. The smallest absolute Gasteiger partial charge is 0.384 e. The van der Waals surface area contributed by atoms with Gasteiger partial charge in [-0.15, -0.1) is 0 Å². The lowest BCUT2D eigenvalue weighted by atomic mass is 10.1. The number of anilines is 1. The molecule has 0 radical (unpaired) electrons. The Morgan fingerprint density at radius 2 is 2.05 bits per heavy atom. The molecule has 112 valence electrons. The highest BCUT2D eigenvalue weighted by molar-refractivity contribution is 6.31. The zero-order chi connectivity index (χ0) is 15.3. The first-order valence-corrected chi connectivity index (χ1v) is 6.48. The molecule has 0 saturated heterocycles. The zero-order valence-electron chi connectivity index (χ0n) is 11.2. The van der Waals surface area contributed by atoms with Crippen LogP contribution in [0.2, 0.25) is 5.02 Å². The molecule has 0 heterocycles. The Morgan fingerprint density at radius 1 is 1.40 bits per heavy atom. The molecule has 1 amide bonds. The van der Waals surface area contributed by atoms with E-state index in [-0.39, 0.29) is 5.56 Å². The first kappa shape index (κ1) is 16.6. The van der Waals surface area contributed by atoms with Gasteiger partial charge in [-0.2, -0.15) is 13.2 Å². The first-order chi connectivity index (χ1) is 9.24. The summed E-state index contributed by atoms with van der Waals surface area (Å²) >= 11 is 5.81. The van der Waals surface area contributed by atoms with Crippen molar-refractivity contribution in [1.29, 1.82) is 0 Å². The fourth-order valence-electron chi connectivity index (χ4n) is 1.65. The predicted molar refractivity (Wildman–Crippen MR) is 73.2 cm³/mol. The number of carbonyl (C=O) groups excluding carboxylic acids is 1. The SMILES string of the molecule is CCCNc1ccc(Cl)cc1C(=O)N(C)CC(F)(F)F. The molecule has 1 aromatic carbocycles. The molecule has 0 aliphatic heterocycles. The number of rotatable bonds is 5. The number of carbonyl (C=O) groups is 1. The molecule has 0 atom stereocenters. The van der Waals surface area contributed by atoms with Gasteiger partial charge in [0.25, 0.3) is 5.91 Å². The van der Waals surface area contributed by atoms with E-state index in [9.17, 15) is 18.0 Å². The maximum absolute atomic E-state index is 12.3. The summed E-state index contributed by atoms with van der Waals surface area (Å²) in [4.78, 5) is 12.7. The molecule has 0 bridgehead atoms. The number of alkyl halides is 3. The van der Waals surface area contributed by atoms with E-state index >= 15 is 0 Å². The molecule has 1 rings (SSSR count). The molecule has 0 aliphatic carbocycles. The number of benzene rings is 1. The lowest BCUT2D eigenvalue weighted by molar-refractivity contribution is -0.138. The summed E-state index contributed by atoms with van der Waals surface area (Å²) in [5.41, 5.74) is 0.618. The molecule has 1 aromatic rings. The number of hydrogen-bond donors (Lipinski definition) is 1. The van der Waals surface area contributed by atoms with Crippen LogP contribution >= 0.6 is 11.6 Å². The van der Waals surface area contributed by atoms with E-state index in [1.807, 2.05) is 6.92 Å². The van der Waals surface area contributed by atoms with Gasteiger partial charge in [0.1, 0.15) is 6.54 Å². The average molecular weight is 309 g/mol. The van der Waals surface area contributed by atoms with Crippen molar-refractivity contribution < 1.29 is 18.0 Å². The van der Waals surface area contributed by atoms with Crippen LogP contribution < -0.4 is 5.32 Å². The number of nitrogens with zero attached hydrogens (tertiary/aromatic N) is 1. The molecule has 1 N–H and O–H groups in total. The normalized spacial score (nSPS) is 11.3. The van der Waals surface area contributed by atoms with Gasteiger partial charge in [0.15, 0.2) is 0 Å². The fraction of sp³-hybridized carbons (Fsp3) is 0.462. The van der Waals surface area contributed by atoms with Crippen LogP contribution in [-0.4, -0.2) is 37.1 Å². The molecule has 0 fully saturated rings. The first-order valence-electron chi connectivity index (χ1n) is 6.10. The van der Waals surface area contributed by atoms with Gasteiger partial charge in [0.2, 0.25) is 0 Å². The highest BCUT2D eigenvalue weighted by Crippen LogP contribution is 2.24. The third-order valence-electron chi connectivity index (χ3n) is 2.54. The second kappa shape index (κ2) is 6.83. The Labute approximate surface area is 120 Å². The molecule has 0 aliphatic rings. The van der Waals surface area contributed by atoms with Gasteiger partial charge in [-0.3, -0.25) is 4.79 Å². The van der Waals surface area contributed by atoms with E-state index in [0.717, 1.165) is 13.5 Å². The van der Waals surface area contributed by atoms with Crippen molar-refractivity contribution in [1.82, 2.24) is 4.90 Å². The van der Waals surface area contributed by atoms with E-state index in [1.54, 1.807) is 12.1 Å². The Bertz CT molecular complexity index is 477. The molecule has 0 unspecified atom stereocenters. The van der Waals surface area contributed by atoms with E-state index < -0.39 is 18.6 Å². The highest BCUT2D eigenvalue weighted by Gasteiger charge is 2.32. The molecule has 0 spiro atoms. The minimum Gasteiger partial charge on any atom is -0.384 e. The van der Waals surface area contributed by atoms with Crippen LogP contribution in [0.15, 0.2) is 18.2 Å². The van der Waals surface area contributed by atoms with Crippen LogP contribution in [-0.2, 0) is 0 Å². The van der Waals surface area contributed by atoms with Crippen LogP contribution in [0, 0.1) is 0 Å². The van der Waals surface area contributed by atoms with Crippen LogP contribution in [0.4, 0.5) is 18.9 Å². The van der Waals surface area contributed by atoms with Gasteiger partial charge in [0.05, 0.1) is 5.56 Å². The largest absolute Gasteiger partial charge is 0.406 e. The van der Waals surface area contributed by atoms with Crippen molar-refractivity contribution >= 4 is 23.2 Å². The van der Waals surface area contributed by atoms with Gasteiger partial charge in [-0.25, -0.2) is 0 Å². The summed E-state index contributed by atoms with van der Waals surface area (Å²) in [5, 5.41) is 3.30. The fourth-order valence-corrected chi connectivity index (χ4v) is 1.83. The van der Waals surface area contributed by atoms with E-state index in [4.69, 9.17) is 11.6 Å². The summed E-state index contributed by atoms with van der Waals surface area (Å²) in [7, 11) is 1.11. The minimum atomic E-state index is -4.43. The average Bonchev–Trinajstić information content (AvgIpc) is 2.34. The molecule has 0 aromatic heterocycles. The quantitative estimate of drug-likeness (QED) is 0.897. The third-order valence-corrected chi connectivity index (χ3v) is 2.78. The number of amides is 1. The van der Waals surface area contributed by atoms with Crippen LogP contribution in [0.5, 0.6) is 0 Å². The van der Waals surface area contributed by atoms with Crippen molar-refractivity contribution in [2.45, 2.75) is 19.5 Å². The van der Waals surface area contributed by atoms with Gasteiger partial charge in [-0.05, 0) is 24.6 Å². The van der Waals surface area contributed by atoms with Gasteiger partial charge < -0.3 is 10.2 Å². The van der Waals surface area contributed by atoms with Gasteiger partial charge in [0, 0.05) is 24.3 Å². The van der Waals surface area contributed by atoms with Crippen LogP contribution in [0.1, 0.15) is 23.7 Å². The molecular formula is C13H16ClF3N2O. The minimum absolute atomic E-state index is 0.137. The molecule has 0 saturated carbocycles. The zero-order valence-corrected chi connectivity index (χ0v) is 12.0. The summed E-state index contributed by atoms with van der Waals surface area (Å²) < 4.78 is 37.0. The Morgan fingerprint density at radius 3 is 2.60 bits per heavy atom. The Balaban J connectivity index is 2.98. The third kappa shape index (κ3) is 4.92. The lowest BCUT2D eigenvalue weighted by Crippen LogP contribution is -2.36. The monoisotopic (exact) mass is 308 g/mol. The van der Waals surface area contributed by atoms with E-state index in [2.05, 4.69) is 5.32 Å². The second-order valence-electron chi connectivity index (χ2n) is 4.39. The number of nitrogens with one attached hydrogen (secondary N) is 1. The maximum Gasteiger partial charge on any atom is 0.406 e. The Hall–Kier alpha value is -1.43. The van der Waals surface area contributed by atoms with Crippen molar-refractivity contribution in [3.05, 3.63) is 28.8 Å². The van der Waals surface area contributed by atoms with Crippen molar-refractivity contribution in [3.63, 3.8) is 0 Å². The van der Waals surface area contributed by atoms with Crippen LogP contribution in [0.3, 0.4) is 0 Å². The van der Waals surface area contributed by atoms with Crippen LogP contribution in [0.25, 0.3) is 0 Å². The molecular weight excluding hydrogens is 293 g/mol. The summed E-state index contributed by atoms with van der Waals surface area (Å²) in [6, 6.07) is 4.54. The standard InChI is InChI=1S/C13H16ClF3N2O/c1-3-6-18-11-5-4-9(14)7-10(11)12(20)19(2)8-13(15,16)17/h4-5,7,18H,3,6,8H2,1-2H3. The Kier molecular flexibility index (Phi) is 5.68. The summed E-state index contributed by atoms with van der Waals surface area (Å²) in [5.74, 6) is -0.719. The lowest BCUT2D eigenvalue weighted by Gasteiger charge is -2.21. The van der Waals surface area contributed by atoms with Gasteiger partial charge >= 0.3 is 6.18 Å². The van der Waals surface area contributed by atoms with Crippen molar-refractivity contribution in [2.75, 3.05) is 25.5 Å². The topological polar surface area (TPSA) is 32.3 Å². The second-order valence-corrected chi connectivity index (χ2v) is 4.83. The van der Waals surface area contributed by atoms with Gasteiger partial charge in [-0.1, -0.05) is 18.5 Å². The van der Waals surface area contributed by atoms with Crippen molar-refractivity contribution in [2.24, 2.45) is 0 Å².